The van der Waals surface area contributed by atoms with Gasteiger partial charge in [-0.25, -0.2) is 4.79 Å². The molecular weight excluding hydrogens is 362 g/mol. The minimum absolute atomic E-state index is 0.0123. The molecule has 0 radical (unpaired) electrons. The van der Waals surface area contributed by atoms with Crippen molar-refractivity contribution in [3.8, 4) is 0 Å². The van der Waals surface area contributed by atoms with E-state index in [-0.39, 0.29) is 11.6 Å². The van der Waals surface area contributed by atoms with Crippen LogP contribution < -0.4 is 10.6 Å². The lowest BCUT2D eigenvalue weighted by Gasteiger charge is -2.19. The Kier molecular flexibility index (Phi) is 6.49. The number of non-ortho nitro benzene ring substituents is 1. The van der Waals surface area contributed by atoms with Gasteiger partial charge >= 0.3 is 6.09 Å². The summed E-state index contributed by atoms with van der Waals surface area (Å²) < 4.78 is 5.16. The summed E-state index contributed by atoms with van der Waals surface area (Å²) in [5, 5.41) is 15.9. The third-order valence-corrected chi connectivity index (χ3v) is 3.33. The molecule has 2 aromatic rings. The lowest BCUT2D eigenvalue weighted by molar-refractivity contribution is -0.384. The first-order valence-corrected chi connectivity index (χ1v) is 8.46. The zero-order valence-corrected chi connectivity index (χ0v) is 15.8. The van der Waals surface area contributed by atoms with Gasteiger partial charge in [-0.1, -0.05) is 0 Å². The second kappa shape index (κ2) is 8.81. The maximum atomic E-state index is 12.0. The Bertz CT molecular complexity index is 882. The van der Waals surface area contributed by atoms with E-state index in [0.717, 1.165) is 0 Å². The summed E-state index contributed by atoms with van der Waals surface area (Å²) in [6.45, 7) is 5.32. The molecule has 0 aromatic heterocycles. The van der Waals surface area contributed by atoms with Crippen LogP contribution in [0, 0.1) is 10.1 Å². The fourth-order valence-corrected chi connectivity index (χ4v) is 2.12. The Morgan fingerprint density at radius 1 is 0.964 bits per heavy atom. The summed E-state index contributed by atoms with van der Waals surface area (Å²) in [6.07, 6.45) is 2.32. The van der Waals surface area contributed by atoms with E-state index < -0.39 is 16.6 Å². The predicted octanol–water partition coefficient (Wildman–Crippen LogP) is 4.59. The smallest absolute Gasteiger partial charge is 0.412 e. The number of nitro benzene ring substituents is 1. The van der Waals surface area contributed by atoms with Crippen LogP contribution in [0.1, 0.15) is 26.3 Å². The SMILES string of the molecule is CC(C)(C)OC(=O)Nc1ccc(NC(=O)/C=C/c2ccc([N+](=O)[O-])cc2)cc1. The summed E-state index contributed by atoms with van der Waals surface area (Å²) in [5.41, 5.74) is 1.15. The van der Waals surface area contributed by atoms with Gasteiger partial charge in [0.05, 0.1) is 4.92 Å². The number of rotatable bonds is 5. The van der Waals surface area contributed by atoms with Gasteiger partial charge < -0.3 is 10.1 Å². The number of benzene rings is 2. The molecule has 0 aliphatic heterocycles. The second-order valence-electron chi connectivity index (χ2n) is 6.88. The van der Waals surface area contributed by atoms with E-state index in [1.807, 2.05) is 0 Å². The van der Waals surface area contributed by atoms with E-state index in [2.05, 4.69) is 10.6 Å². The molecule has 8 heteroatoms. The number of carbonyl (C=O) groups is 2. The number of hydrogen-bond donors (Lipinski definition) is 2. The molecule has 0 saturated carbocycles. The highest BCUT2D eigenvalue weighted by molar-refractivity contribution is 6.02. The molecule has 28 heavy (non-hydrogen) atoms. The molecule has 0 saturated heterocycles. The van der Waals surface area contributed by atoms with Crippen LogP contribution in [0.15, 0.2) is 54.6 Å². The molecule has 146 valence electrons. The molecule has 2 amide bonds. The van der Waals surface area contributed by atoms with E-state index in [1.54, 1.807) is 63.2 Å². The first-order chi connectivity index (χ1) is 13.1. The predicted molar refractivity (Wildman–Crippen MR) is 107 cm³/mol. The number of amides is 2. The Balaban J connectivity index is 1.90. The fraction of sp³-hybridized carbons (Fsp3) is 0.200. The monoisotopic (exact) mass is 383 g/mol. The molecule has 8 nitrogen and oxygen atoms in total. The van der Waals surface area contributed by atoms with E-state index in [9.17, 15) is 19.7 Å². The number of hydrogen-bond acceptors (Lipinski definition) is 5. The van der Waals surface area contributed by atoms with E-state index >= 15 is 0 Å². The largest absolute Gasteiger partial charge is 0.444 e. The highest BCUT2D eigenvalue weighted by Crippen LogP contribution is 2.16. The van der Waals surface area contributed by atoms with Crippen LogP contribution in [0.5, 0.6) is 0 Å². The highest BCUT2D eigenvalue weighted by Gasteiger charge is 2.16. The molecule has 2 N–H and O–H groups in total. The molecule has 0 aliphatic rings. The Morgan fingerprint density at radius 3 is 2.00 bits per heavy atom. The van der Waals surface area contributed by atoms with Gasteiger partial charge in [-0.15, -0.1) is 0 Å². The lowest BCUT2D eigenvalue weighted by atomic mass is 10.2. The molecule has 0 unspecified atom stereocenters. The van der Waals surface area contributed by atoms with Crippen LogP contribution in [0.4, 0.5) is 21.9 Å². The second-order valence-corrected chi connectivity index (χ2v) is 6.88. The van der Waals surface area contributed by atoms with Crippen LogP contribution >= 0.6 is 0 Å². The number of carbonyl (C=O) groups excluding carboxylic acids is 2. The number of ether oxygens (including phenoxy) is 1. The van der Waals surface area contributed by atoms with Crippen molar-refractivity contribution in [2.75, 3.05) is 10.6 Å². The molecule has 0 heterocycles. The van der Waals surface area contributed by atoms with E-state index in [4.69, 9.17) is 4.74 Å². The van der Waals surface area contributed by atoms with Crippen LogP contribution in [-0.4, -0.2) is 22.5 Å². The lowest BCUT2D eigenvalue weighted by Crippen LogP contribution is -2.27. The molecule has 0 bridgehead atoms. The molecule has 2 rings (SSSR count). The van der Waals surface area contributed by atoms with Gasteiger partial charge in [-0.3, -0.25) is 20.2 Å². The maximum absolute atomic E-state index is 12.0. The number of nitrogens with zero attached hydrogens (tertiary/aromatic N) is 1. The number of nitro groups is 1. The standard InChI is InChI=1S/C20H21N3O5/c1-20(2,3)28-19(25)22-16-9-7-15(8-10-16)21-18(24)13-6-14-4-11-17(12-5-14)23(26)27/h4-13H,1-3H3,(H,21,24)(H,22,25)/b13-6+. The average molecular weight is 383 g/mol. The molecule has 0 atom stereocenters. The average Bonchev–Trinajstić information content (AvgIpc) is 2.60. The summed E-state index contributed by atoms with van der Waals surface area (Å²) in [6, 6.07) is 12.4. The van der Waals surface area contributed by atoms with Crippen LogP contribution in [0.25, 0.3) is 6.08 Å². The minimum atomic E-state index is -0.589. The first kappa shape index (κ1) is 20.6. The van der Waals surface area contributed by atoms with Crippen molar-refractivity contribution in [3.63, 3.8) is 0 Å². The normalized spacial score (nSPS) is 11.1. The molecular formula is C20H21N3O5. The summed E-state index contributed by atoms with van der Waals surface area (Å²) in [7, 11) is 0. The Morgan fingerprint density at radius 2 is 1.50 bits per heavy atom. The van der Waals surface area contributed by atoms with Gasteiger partial charge in [-0.05, 0) is 68.8 Å². The summed E-state index contributed by atoms with van der Waals surface area (Å²) >= 11 is 0. The van der Waals surface area contributed by atoms with Gasteiger partial charge in [0.2, 0.25) is 5.91 Å². The van der Waals surface area contributed by atoms with Crippen LogP contribution in [0.2, 0.25) is 0 Å². The van der Waals surface area contributed by atoms with Crippen molar-refractivity contribution < 1.29 is 19.2 Å². The van der Waals surface area contributed by atoms with Crippen molar-refractivity contribution in [3.05, 3.63) is 70.3 Å². The highest BCUT2D eigenvalue weighted by atomic mass is 16.6. The topological polar surface area (TPSA) is 111 Å². The quantitative estimate of drug-likeness (QED) is 0.445. The van der Waals surface area contributed by atoms with Crippen molar-refractivity contribution in [1.82, 2.24) is 0 Å². The van der Waals surface area contributed by atoms with Crippen molar-refractivity contribution in [1.29, 1.82) is 0 Å². The van der Waals surface area contributed by atoms with E-state index in [1.165, 1.54) is 18.2 Å². The third-order valence-electron chi connectivity index (χ3n) is 3.33. The number of nitrogens with one attached hydrogen (secondary N) is 2. The summed E-state index contributed by atoms with van der Waals surface area (Å²) in [5.74, 6) is -0.355. The van der Waals surface area contributed by atoms with Gasteiger partial charge in [-0.2, -0.15) is 0 Å². The molecule has 0 spiro atoms. The summed E-state index contributed by atoms with van der Waals surface area (Å²) in [4.78, 5) is 33.8. The van der Waals surface area contributed by atoms with Crippen LogP contribution in [-0.2, 0) is 9.53 Å². The van der Waals surface area contributed by atoms with Crippen LogP contribution in [0.3, 0.4) is 0 Å². The zero-order valence-electron chi connectivity index (χ0n) is 15.8. The zero-order chi connectivity index (χ0) is 20.7. The molecule has 0 fully saturated rings. The first-order valence-electron chi connectivity index (χ1n) is 8.46. The Hall–Kier alpha value is -3.68. The van der Waals surface area contributed by atoms with Gasteiger partial charge in [0, 0.05) is 29.6 Å². The van der Waals surface area contributed by atoms with Crippen molar-refractivity contribution in [2.45, 2.75) is 26.4 Å². The van der Waals surface area contributed by atoms with Gasteiger partial charge in [0.15, 0.2) is 0 Å². The fourth-order valence-electron chi connectivity index (χ4n) is 2.12. The molecule has 2 aromatic carbocycles. The third kappa shape index (κ3) is 6.91. The minimum Gasteiger partial charge on any atom is -0.444 e. The van der Waals surface area contributed by atoms with Crippen molar-refractivity contribution in [2.24, 2.45) is 0 Å². The van der Waals surface area contributed by atoms with E-state index in [0.29, 0.717) is 16.9 Å². The molecule has 0 aliphatic carbocycles. The van der Waals surface area contributed by atoms with Crippen molar-refractivity contribution >= 4 is 35.1 Å². The van der Waals surface area contributed by atoms with Gasteiger partial charge in [0.25, 0.3) is 5.69 Å². The number of anilines is 2. The van der Waals surface area contributed by atoms with Gasteiger partial charge in [0.1, 0.15) is 5.60 Å². The maximum Gasteiger partial charge on any atom is 0.412 e. The Labute approximate surface area is 162 Å².